The van der Waals surface area contributed by atoms with Crippen molar-refractivity contribution in [2.75, 3.05) is 13.2 Å². The van der Waals surface area contributed by atoms with Gasteiger partial charge in [-0.1, -0.05) is 25.4 Å². The van der Waals surface area contributed by atoms with Crippen LogP contribution < -0.4 is 20.9 Å². The first kappa shape index (κ1) is 25.2. The molecule has 188 valence electrons. The largest absolute Gasteiger partial charge is 0.484 e. The zero-order valence-corrected chi connectivity index (χ0v) is 20.3. The van der Waals surface area contributed by atoms with Crippen molar-refractivity contribution in [1.82, 2.24) is 16.1 Å². The second kappa shape index (κ2) is 9.97. The number of aliphatic hydroxyl groups is 1. The van der Waals surface area contributed by atoms with Crippen molar-refractivity contribution in [3.63, 3.8) is 0 Å². The smallest absolute Gasteiger partial charge is 0.258 e. The molecular formula is C24H33ClFN3O5. The van der Waals surface area contributed by atoms with Crippen molar-refractivity contribution in [2.45, 2.75) is 76.2 Å². The molecule has 0 spiro atoms. The Hall–Kier alpha value is -1.94. The maximum Gasteiger partial charge on any atom is 0.258 e. The number of hydrogen-bond acceptors (Lipinski definition) is 6. The number of ether oxygens (including phenoxy) is 1. The van der Waals surface area contributed by atoms with Crippen LogP contribution in [0, 0.1) is 17.2 Å². The number of fused-ring (bicyclic) bond motifs is 3. The Bertz CT molecular complexity index is 922. The lowest BCUT2D eigenvalue weighted by Crippen LogP contribution is -2.66. The van der Waals surface area contributed by atoms with Crippen LogP contribution in [0.5, 0.6) is 5.75 Å². The van der Waals surface area contributed by atoms with E-state index in [0.29, 0.717) is 44.6 Å². The van der Waals surface area contributed by atoms with Crippen LogP contribution in [-0.4, -0.2) is 53.9 Å². The van der Waals surface area contributed by atoms with Crippen molar-refractivity contribution in [3.8, 4) is 5.75 Å². The topological polar surface area (TPSA) is 109 Å². The average molecular weight is 498 g/mol. The summed E-state index contributed by atoms with van der Waals surface area (Å²) in [5.41, 5.74) is 1.61. The third-order valence-corrected chi connectivity index (χ3v) is 7.94. The highest BCUT2D eigenvalue weighted by atomic mass is 35.5. The highest BCUT2D eigenvalue weighted by Crippen LogP contribution is 2.52. The zero-order valence-electron chi connectivity index (χ0n) is 19.5. The summed E-state index contributed by atoms with van der Waals surface area (Å²) in [4.78, 5) is 31.2. The molecule has 3 unspecified atom stereocenters. The Morgan fingerprint density at radius 1 is 1.32 bits per heavy atom. The van der Waals surface area contributed by atoms with Gasteiger partial charge in [-0.05, 0) is 56.6 Å². The van der Waals surface area contributed by atoms with Crippen LogP contribution in [0.1, 0.15) is 52.4 Å². The molecule has 1 aromatic rings. The Morgan fingerprint density at radius 3 is 2.68 bits per heavy atom. The Labute approximate surface area is 203 Å². The minimum absolute atomic E-state index is 0.0196. The lowest BCUT2D eigenvalue weighted by Gasteiger charge is -2.55. The molecule has 1 saturated heterocycles. The van der Waals surface area contributed by atoms with Crippen LogP contribution in [0.25, 0.3) is 0 Å². The first-order valence-electron chi connectivity index (χ1n) is 11.9. The predicted molar refractivity (Wildman–Crippen MR) is 124 cm³/mol. The maximum absolute atomic E-state index is 13.6. The molecule has 4 N–H and O–H groups in total. The number of carbonyl (C=O) groups is 2. The number of rotatable bonds is 8. The van der Waals surface area contributed by atoms with Gasteiger partial charge in [0, 0.05) is 24.2 Å². The minimum Gasteiger partial charge on any atom is -0.484 e. The van der Waals surface area contributed by atoms with Crippen LogP contribution in [0.3, 0.4) is 0 Å². The number of carbonyl (C=O) groups excluding carboxylic acids is 2. The second-order valence-electron chi connectivity index (χ2n) is 10.2. The summed E-state index contributed by atoms with van der Waals surface area (Å²) in [5, 5.41) is 16.9. The third-order valence-electron chi connectivity index (χ3n) is 7.64. The first-order chi connectivity index (χ1) is 16.1. The summed E-state index contributed by atoms with van der Waals surface area (Å²) in [6, 6.07) is 4.25. The van der Waals surface area contributed by atoms with Crippen molar-refractivity contribution in [2.24, 2.45) is 11.3 Å². The fraction of sp³-hybridized carbons (Fsp3) is 0.667. The van der Waals surface area contributed by atoms with Gasteiger partial charge in [-0.2, -0.15) is 5.48 Å². The Kier molecular flexibility index (Phi) is 7.38. The van der Waals surface area contributed by atoms with Gasteiger partial charge in [0.05, 0.1) is 22.6 Å². The normalized spacial score (nSPS) is 32.6. The van der Waals surface area contributed by atoms with E-state index in [0.717, 1.165) is 12.5 Å². The van der Waals surface area contributed by atoms with E-state index in [2.05, 4.69) is 30.0 Å². The lowest BCUT2D eigenvalue weighted by atomic mass is 9.55. The molecule has 1 aliphatic heterocycles. The van der Waals surface area contributed by atoms with Gasteiger partial charge in [-0.15, -0.1) is 0 Å². The van der Waals surface area contributed by atoms with Gasteiger partial charge >= 0.3 is 0 Å². The molecule has 4 aliphatic rings. The summed E-state index contributed by atoms with van der Waals surface area (Å²) >= 11 is 5.66. The van der Waals surface area contributed by atoms with E-state index in [9.17, 15) is 19.1 Å². The standard InChI is InChI=1S/C24H33ClFN3O5/c1-14(2)19-10-16(34-29-19)12-27-22(32)24-7-5-23(6-8-24,11-20(24)30)28-21(31)13-33-15-3-4-17(25)18(26)9-15/h3-4,9,14,16,19-20,29-30H,5-8,10-13H2,1-2H3,(H,27,32)(H,28,31). The van der Waals surface area contributed by atoms with Crippen molar-refractivity contribution in [1.29, 1.82) is 0 Å². The summed E-state index contributed by atoms with van der Waals surface area (Å²) in [6.45, 7) is 4.36. The summed E-state index contributed by atoms with van der Waals surface area (Å²) in [5.74, 6) is -0.472. The minimum atomic E-state index is -0.854. The molecule has 34 heavy (non-hydrogen) atoms. The summed E-state index contributed by atoms with van der Waals surface area (Å²) in [7, 11) is 0. The second-order valence-corrected chi connectivity index (χ2v) is 10.6. The number of benzene rings is 1. The highest BCUT2D eigenvalue weighted by molar-refractivity contribution is 6.30. The molecule has 4 fully saturated rings. The van der Waals surface area contributed by atoms with E-state index in [4.69, 9.17) is 21.2 Å². The molecule has 1 heterocycles. The fourth-order valence-electron chi connectivity index (χ4n) is 5.36. The Morgan fingerprint density at radius 2 is 2.06 bits per heavy atom. The van der Waals surface area contributed by atoms with Crippen molar-refractivity contribution < 1.29 is 28.7 Å². The van der Waals surface area contributed by atoms with Crippen LogP contribution in [0.2, 0.25) is 5.02 Å². The number of hydrogen-bond donors (Lipinski definition) is 4. The number of halogens is 2. The SMILES string of the molecule is CC(C)C1CC(CNC(=O)C23CCC(NC(=O)COc4ccc(Cl)c(F)c4)(CC2)CC3O)ON1. The van der Waals surface area contributed by atoms with Gasteiger partial charge in [0.2, 0.25) is 5.91 Å². The molecule has 3 atom stereocenters. The fourth-order valence-corrected chi connectivity index (χ4v) is 5.48. The van der Waals surface area contributed by atoms with E-state index in [1.165, 1.54) is 12.1 Å². The monoisotopic (exact) mass is 497 g/mol. The number of amides is 2. The molecule has 0 aromatic heterocycles. The van der Waals surface area contributed by atoms with Gasteiger partial charge in [0.1, 0.15) is 11.6 Å². The van der Waals surface area contributed by atoms with Crippen LogP contribution >= 0.6 is 11.6 Å². The van der Waals surface area contributed by atoms with Gasteiger partial charge in [0.25, 0.3) is 5.91 Å². The molecule has 3 aliphatic carbocycles. The van der Waals surface area contributed by atoms with Gasteiger partial charge in [-0.25, -0.2) is 4.39 Å². The van der Waals surface area contributed by atoms with E-state index in [1.54, 1.807) is 0 Å². The van der Waals surface area contributed by atoms with Crippen LogP contribution in [0.15, 0.2) is 18.2 Å². The van der Waals surface area contributed by atoms with E-state index >= 15 is 0 Å². The maximum atomic E-state index is 13.6. The van der Waals surface area contributed by atoms with E-state index in [-0.39, 0.29) is 41.3 Å². The number of aliphatic hydroxyl groups excluding tert-OH is 1. The van der Waals surface area contributed by atoms with Gasteiger partial charge in [-0.3, -0.25) is 14.4 Å². The van der Waals surface area contributed by atoms with Crippen LogP contribution in [-0.2, 0) is 14.4 Å². The van der Waals surface area contributed by atoms with Crippen molar-refractivity contribution in [3.05, 3.63) is 29.0 Å². The molecule has 2 amide bonds. The predicted octanol–water partition coefficient (Wildman–Crippen LogP) is 2.47. The molecule has 8 nitrogen and oxygen atoms in total. The summed E-state index contributed by atoms with van der Waals surface area (Å²) < 4.78 is 18.9. The van der Waals surface area contributed by atoms with Gasteiger partial charge in [0.15, 0.2) is 6.61 Å². The molecule has 5 rings (SSSR count). The molecule has 3 saturated carbocycles. The third kappa shape index (κ3) is 5.17. The molecule has 2 bridgehead atoms. The Balaban J connectivity index is 1.27. The molecule has 10 heteroatoms. The first-order valence-corrected chi connectivity index (χ1v) is 12.3. The molecule has 1 aromatic carbocycles. The number of nitrogens with one attached hydrogen (secondary N) is 3. The lowest BCUT2D eigenvalue weighted by molar-refractivity contribution is -0.156. The highest BCUT2D eigenvalue weighted by Gasteiger charge is 2.58. The van der Waals surface area contributed by atoms with E-state index < -0.39 is 22.9 Å². The average Bonchev–Trinajstić information content (AvgIpc) is 3.28. The summed E-state index contributed by atoms with van der Waals surface area (Å²) in [6.07, 6.45) is 2.35. The molecule has 0 radical (unpaired) electrons. The van der Waals surface area contributed by atoms with E-state index in [1.807, 2.05) is 0 Å². The molecular weight excluding hydrogens is 465 g/mol. The zero-order chi connectivity index (χ0) is 24.5. The number of hydroxylamine groups is 1. The quantitative estimate of drug-likeness (QED) is 0.439. The van der Waals surface area contributed by atoms with Gasteiger partial charge < -0.3 is 20.5 Å². The van der Waals surface area contributed by atoms with Crippen LogP contribution in [0.4, 0.5) is 4.39 Å². The van der Waals surface area contributed by atoms with Crippen molar-refractivity contribution >= 4 is 23.4 Å².